The molecular formula is C9H13N3O2S. The Bertz CT molecular complexity index is 475. The molecule has 1 N–H and O–H groups in total. The minimum Gasteiger partial charge on any atom is -0.337 e. The average Bonchev–Trinajstić information content (AvgIpc) is 2.69. The Balaban J connectivity index is 1.91. The summed E-state index contributed by atoms with van der Waals surface area (Å²) in [4.78, 5) is 4.14. The summed E-state index contributed by atoms with van der Waals surface area (Å²) in [6.07, 6.45) is 5.26. The van der Waals surface area contributed by atoms with E-state index in [2.05, 4.69) is 10.3 Å². The molecular weight excluding hydrogens is 214 g/mol. The van der Waals surface area contributed by atoms with Crippen molar-refractivity contribution in [3.05, 3.63) is 29.7 Å². The third kappa shape index (κ3) is 2.45. The molecule has 1 aromatic rings. The van der Waals surface area contributed by atoms with E-state index in [-0.39, 0.29) is 11.8 Å². The highest BCUT2D eigenvalue weighted by molar-refractivity contribution is 7.94. The van der Waals surface area contributed by atoms with Gasteiger partial charge in [0.25, 0.3) is 0 Å². The molecule has 0 spiro atoms. The number of rotatable bonds is 3. The Hall–Kier alpha value is -1.14. The summed E-state index contributed by atoms with van der Waals surface area (Å²) in [5.74, 6) is 1.05. The first kappa shape index (κ1) is 10.4. The molecule has 0 fully saturated rings. The van der Waals surface area contributed by atoms with E-state index in [0.717, 1.165) is 5.82 Å². The zero-order valence-electron chi connectivity index (χ0n) is 8.42. The van der Waals surface area contributed by atoms with Crippen LogP contribution in [0.25, 0.3) is 0 Å². The molecule has 0 saturated heterocycles. The van der Waals surface area contributed by atoms with Gasteiger partial charge < -0.3 is 9.88 Å². The van der Waals surface area contributed by atoms with E-state index >= 15 is 0 Å². The Morgan fingerprint density at radius 2 is 2.47 bits per heavy atom. The van der Waals surface area contributed by atoms with Gasteiger partial charge in [-0.15, -0.1) is 0 Å². The molecule has 0 radical (unpaired) electrons. The van der Waals surface area contributed by atoms with Crippen LogP contribution in [0.1, 0.15) is 5.82 Å². The van der Waals surface area contributed by atoms with Gasteiger partial charge in [0, 0.05) is 30.9 Å². The molecule has 2 heterocycles. The normalized spacial score (nSPS) is 23.4. The average molecular weight is 227 g/mol. The summed E-state index contributed by atoms with van der Waals surface area (Å²) in [5, 5.41) is 4.40. The van der Waals surface area contributed by atoms with Crippen molar-refractivity contribution in [1.29, 1.82) is 0 Å². The molecule has 0 saturated carbocycles. The first-order chi connectivity index (χ1) is 7.07. The third-order valence-electron chi connectivity index (χ3n) is 2.37. The van der Waals surface area contributed by atoms with Crippen LogP contribution in [0, 0.1) is 0 Å². The minimum absolute atomic E-state index is 0.0910. The predicted octanol–water partition coefficient (Wildman–Crippen LogP) is -0.180. The van der Waals surface area contributed by atoms with Gasteiger partial charge in [0.05, 0.1) is 12.3 Å². The van der Waals surface area contributed by atoms with Crippen molar-refractivity contribution >= 4 is 9.84 Å². The zero-order valence-corrected chi connectivity index (χ0v) is 9.24. The van der Waals surface area contributed by atoms with E-state index in [0.29, 0.717) is 6.54 Å². The summed E-state index contributed by atoms with van der Waals surface area (Å²) in [6.45, 7) is 0.577. The van der Waals surface area contributed by atoms with Crippen molar-refractivity contribution in [3.8, 4) is 0 Å². The van der Waals surface area contributed by atoms with E-state index < -0.39 is 9.84 Å². The standard InChI is InChI=1S/C9H13N3O2S/c1-12-4-3-10-9(12)6-11-8-2-5-15(13,14)7-8/h2-5,8,11H,6-7H2,1H3. The largest absolute Gasteiger partial charge is 0.337 e. The summed E-state index contributed by atoms with van der Waals surface area (Å²) in [7, 11) is -1.06. The van der Waals surface area contributed by atoms with Gasteiger partial charge in [0.15, 0.2) is 9.84 Å². The minimum atomic E-state index is -2.97. The van der Waals surface area contributed by atoms with Crippen molar-refractivity contribution in [2.24, 2.45) is 7.05 Å². The van der Waals surface area contributed by atoms with Crippen LogP contribution >= 0.6 is 0 Å². The molecule has 1 aliphatic heterocycles. The van der Waals surface area contributed by atoms with Crippen molar-refractivity contribution in [3.63, 3.8) is 0 Å². The Morgan fingerprint density at radius 3 is 3.00 bits per heavy atom. The SMILES string of the molecule is Cn1ccnc1CNC1C=CS(=O)(=O)C1. The van der Waals surface area contributed by atoms with Crippen LogP contribution in [0.3, 0.4) is 0 Å². The van der Waals surface area contributed by atoms with Gasteiger partial charge in [0.1, 0.15) is 5.82 Å². The van der Waals surface area contributed by atoms with E-state index in [4.69, 9.17) is 0 Å². The topological polar surface area (TPSA) is 64.0 Å². The summed E-state index contributed by atoms with van der Waals surface area (Å²) >= 11 is 0. The smallest absolute Gasteiger partial charge is 0.173 e. The van der Waals surface area contributed by atoms with Gasteiger partial charge in [-0.25, -0.2) is 13.4 Å². The van der Waals surface area contributed by atoms with Gasteiger partial charge in [-0.3, -0.25) is 0 Å². The fourth-order valence-corrected chi connectivity index (χ4v) is 2.76. The quantitative estimate of drug-likeness (QED) is 0.778. The van der Waals surface area contributed by atoms with E-state index in [1.54, 1.807) is 12.3 Å². The lowest BCUT2D eigenvalue weighted by Crippen LogP contribution is -2.30. The number of aryl methyl sites for hydroxylation is 1. The predicted molar refractivity (Wildman–Crippen MR) is 56.8 cm³/mol. The summed E-state index contributed by atoms with van der Waals surface area (Å²) in [5.41, 5.74) is 0. The third-order valence-corrected chi connectivity index (χ3v) is 3.77. The highest BCUT2D eigenvalue weighted by Gasteiger charge is 2.21. The zero-order chi connectivity index (χ0) is 10.9. The first-order valence-corrected chi connectivity index (χ1v) is 6.39. The first-order valence-electron chi connectivity index (χ1n) is 4.67. The number of hydrogen-bond donors (Lipinski definition) is 1. The Labute approximate surface area is 88.7 Å². The van der Waals surface area contributed by atoms with Gasteiger partial charge in [-0.2, -0.15) is 0 Å². The van der Waals surface area contributed by atoms with Crippen LogP contribution in [-0.2, 0) is 23.4 Å². The molecule has 1 aliphatic rings. The van der Waals surface area contributed by atoms with Crippen molar-refractivity contribution in [1.82, 2.24) is 14.9 Å². The molecule has 5 nitrogen and oxygen atoms in total. The number of nitrogens with zero attached hydrogens (tertiary/aromatic N) is 2. The molecule has 0 aromatic carbocycles. The highest BCUT2D eigenvalue weighted by atomic mass is 32.2. The number of aromatic nitrogens is 2. The Kier molecular flexibility index (Phi) is 2.62. The lowest BCUT2D eigenvalue weighted by Gasteiger charge is -2.09. The molecule has 1 unspecified atom stereocenters. The number of nitrogens with one attached hydrogen (secondary N) is 1. The van der Waals surface area contributed by atoms with Gasteiger partial charge in [-0.05, 0) is 0 Å². The second-order valence-electron chi connectivity index (χ2n) is 3.60. The van der Waals surface area contributed by atoms with E-state index in [9.17, 15) is 8.42 Å². The molecule has 2 rings (SSSR count). The van der Waals surface area contributed by atoms with Crippen LogP contribution in [0.2, 0.25) is 0 Å². The summed E-state index contributed by atoms with van der Waals surface area (Å²) < 4.78 is 24.1. The maximum atomic E-state index is 11.1. The monoisotopic (exact) mass is 227 g/mol. The summed E-state index contributed by atoms with van der Waals surface area (Å²) in [6, 6.07) is -0.0910. The van der Waals surface area contributed by atoms with Crippen molar-refractivity contribution < 1.29 is 8.42 Å². The highest BCUT2D eigenvalue weighted by Crippen LogP contribution is 2.08. The number of hydrogen-bond acceptors (Lipinski definition) is 4. The number of imidazole rings is 1. The number of sulfone groups is 1. The molecule has 1 atom stereocenters. The molecule has 6 heteroatoms. The van der Waals surface area contributed by atoms with E-state index in [1.807, 2.05) is 17.8 Å². The van der Waals surface area contributed by atoms with Crippen LogP contribution in [0.5, 0.6) is 0 Å². The molecule has 0 bridgehead atoms. The lowest BCUT2D eigenvalue weighted by molar-refractivity contribution is 0.579. The maximum absolute atomic E-state index is 11.1. The van der Waals surface area contributed by atoms with E-state index in [1.165, 1.54) is 5.41 Å². The van der Waals surface area contributed by atoms with Crippen LogP contribution in [-0.4, -0.2) is 29.8 Å². The van der Waals surface area contributed by atoms with Gasteiger partial charge in [-0.1, -0.05) is 6.08 Å². The molecule has 82 valence electrons. The molecule has 0 aliphatic carbocycles. The second kappa shape index (κ2) is 3.79. The fraction of sp³-hybridized carbons (Fsp3) is 0.444. The molecule has 1 aromatic heterocycles. The Morgan fingerprint density at radius 1 is 1.67 bits per heavy atom. The second-order valence-corrected chi connectivity index (χ2v) is 5.53. The van der Waals surface area contributed by atoms with Crippen molar-refractivity contribution in [2.45, 2.75) is 12.6 Å². The van der Waals surface area contributed by atoms with Crippen molar-refractivity contribution in [2.75, 3.05) is 5.75 Å². The maximum Gasteiger partial charge on any atom is 0.173 e. The van der Waals surface area contributed by atoms with Gasteiger partial charge >= 0.3 is 0 Å². The fourth-order valence-electron chi connectivity index (χ4n) is 1.49. The molecule has 15 heavy (non-hydrogen) atoms. The molecule has 0 amide bonds. The van der Waals surface area contributed by atoms with Crippen LogP contribution in [0.15, 0.2) is 23.9 Å². The van der Waals surface area contributed by atoms with Gasteiger partial charge in [0.2, 0.25) is 0 Å². The van der Waals surface area contributed by atoms with Crippen LogP contribution in [0.4, 0.5) is 0 Å². The van der Waals surface area contributed by atoms with Crippen LogP contribution < -0.4 is 5.32 Å². The lowest BCUT2D eigenvalue weighted by atomic mass is 10.3.